The molecule has 0 radical (unpaired) electrons. The number of ether oxygens (including phenoxy) is 3. The van der Waals surface area contributed by atoms with Gasteiger partial charge in [0.05, 0.1) is 35.9 Å². The van der Waals surface area contributed by atoms with Gasteiger partial charge in [-0.05, 0) is 62.2 Å². The minimum Gasteiger partial charge on any atom is -0.497 e. The van der Waals surface area contributed by atoms with Crippen molar-refractivity contribution in [2.75, 3.05) is 34.0 Å². The highest BCUT2D eigenvalue weighted by Crippen LogP contribution is 2.28. The number of methoxy groups -OCH3 is 2. The van der Waals surface area contributed by atoms with E-state index in [1.54, 1.807) is 19.2 Å². The van der Waals surface area contributed by atoms with Gasteiger partial charge in [-0.2, -0.15) is 9.30 Å². The highest BCUT2D eigenvalue weighted by Gasteiger charge is 2.39. The van der Waals surface area contributed by atoms with Crippen LogP contribution in [0.5, 0.6) is 11.5 Å². The second-order valence-electron chi connectivity index (χ2n) is 7.97. The van der Waals surface area contributed by atoms with Crippen LogP contribution >= 0.6 is 11.3 Å². The average molecular weight is 520 g/mol. The number of sulfonamides is 1. The molecule has 1 atom stereocenters. The lowest BCUT2D eigenvalue weighted by Crippen LogP contribution is -2.40. The minimum absolute atomic E-state index is 0.124. The number of carbonyl (C=O) groups is 1. The quantitative estimate of drug-likeness (QED) is 0.403. The van der Waals surface area contributed by atoms with E-state index < -0.39 is 22.0 Å². The molecule has 11 heteroatoms. The maximum Gasteiger partial charge on any atom is 0.266 e. The fourth-order valence-electron chi connectivity index (χ4n) is 4.11. The van der Waals surface area contributed by atoms with E-state index in [1.807, 2.05) is 29.7 Å². The summed E-state index contributed by atoms with van der Waals surface area (Å²) in [6.45, 7) is 3.77. The summed E-state index contributed by atoms with van der Waals surface area (Å²) in [7, 11) is -0.734. The van der Waals surface area contributed by atoms with E-state index in [1.165, 1.54) is 34.9 Å². The van der Waals surface area contributed by atoms with Crippen molar-refractivity contribution in [1.29, 1.82) is 0 Å². The minimum atomic E-state index is -3.85. The fourth-order valence-corrected chi connectivity index (χ4v) is 6.85. The predicted molar refractivity (Wildman–Crippen MR) is 133 cm³/mol. The largest absolute Gasteiger partial charge is 0.497 e. The van der Waals surface area contributed by atoms with E-state index >= 15 is 0 Å². The van der Waals surface area contributed by atoms with Gasteiger partial charge in [0.2, 0.25) is 10.0 Å². The number of nitrogens with zero attached hydrogens (tertiary/aromatic N) is 3. The van der Waals surface area contributed by atoms with E-state index in [0.717, 1.165) is 10.2 Å². The van der Waals surface area contributed by atoms with Gasteiger partial charge in [-0.25, -0.2) is 8.42 Å². The lowest BCUT2D eigenvalue weighted by atomic mass is 10.2. The fraction of sp³-hybridized carbons (Fsp3) is 0.417. The van der Waals surface area contributed by atoms with Crippen LogP contribution < -0.4 is 14.3 Å². The third-order valence-electron chi connectivity index (χ3n) is 5.91. The van der Waals surface area contributed by atoms with Crippen molar-refractivity contribution in [3.63, 3.8) is 0 Å². The number of amides is 1. The Labute approximate surface area is 208 Å². The molecule has 9 nitrogen and oxygen atoms in total. The molecule has 0 bridgehead atoms. The molecule has 4 rings (SSSR count). The molecule has 1 aliphatic heterocycles. The Morgan fingerprint density at radius 1 is 1.11 bits per heavy atom. The first-order chi connectivity index (χ1) is 16.9. The summed E-state index contributed by atoms with van der Waals surface area (Å²) in [6, 6.07) is 11.0. The molecule has 1 unspecified atom stereocenters. The second kappa shape index (κ2) is 10.9. The van der Waals surface area contributed by atoms with Gasteiger partial charge in [-0.3, -0.25) is 4.79 Å². The molecule has 2 aromatic carbocycles. The van der Waals surface area contributed by atoms with Gasteiger partial charge in [0.1, 0.15) is 17.5 Å². The number of thiazole rings is 1. The van der Waals surface area contributed by atoms with Gasteiger partial charge >= 0.3 is 0 Å². The molecule has 0 aliphatic carbocycles. The van der Waals surface area contributed by atoms with Crippen molar-refractivity contribution in [1.82, 2.24) is 8.87 Å². The Bertz CT molecular complexity index is 1360. The van der Waals surface area contributed by atoms with Crippen molar-refractivity contribution < 1.29 is 27.4 Å². The first kappa shape index (κ1) is 25.4. The Morgan fingerprint density at radius 2 is 1.83 bits per heavy atom. The lowest BCUT2D eigenvalue weighted by molar-refractivity contribution is -0.121. The number of rotatable bonds is 9. The highest BCUT2D eigenvalue weighted by atomic mass is 32.2. The van der Waals surface area contributed by atoms with Gasteiger partial charge < -0.3 is 18.8 Å². The van der Waals surface area contributed by atoms with Crippen LogP contribution in [-0.4, -0.2) is 63.2 Å². The molecule has 1 aliphatic rings. The van der Waals surface area contributed by atoms with Crippen LogP contribution in [0.25, 0.3) is 10.2 Å². The molecule has 2 heterocycles. The van der Waals surface area contributed by atoms with Crippen LogP contribution in [-0.2, 0) is 26.1 Å². The van der Waals surface area contributed by atoms with Gasteiger partial charge in [-0.15, -0.1) is 0 Å². The zero-order chi connectivity index (χ0) is 25.0. The summed E-state index contributed by atoms with van der Waals surface area (Å²) >= 11 is 1.37. The van der Waals surface area contributed by atoms with Crippen molar-refractivity contribution in [2.24, 2.45) is 4.99 Å². The van der Waals surface area contributed by atoms with E-state index in [2.05, 4.69) is 4.99 Å². The molecule has 35 heavy (non-hydrogen) atoms. The molecule has 188 valence electrons. The molecular formula is C24H29N3O6S2. The molecule has 1 amide bonds. The summed E-state index contributed by atoms with van der Waals surface area (Å²) in [5.74, 6) is 0.801. The first-order valence-electron chi connectivity index (χ1n) is 11.4. The van der Waals surface area contributed by atoms with Gasteiger partial charge in [-0.1, -0.05) is 11.3 Å². The lowest BCUT2D eigenvalue weighted by Gasteiger charge is -2.21. The average Bonchev–Trinajstić information content (AvgIpc) is 3.49. The number of fused-ring (bicyclic) bond motifs is 1. The Kier molecular flexibility index (Phi) is 7.90. The smallest absolute Gasteiger partial charge is 0.266 e. The maximum absolute atomic E-state index is 13.3. The highest BCUT2D eigenvalue weighted by molar-refractivity contribution is 7.89. The monoisotopic (exact) mass is 519 g/mol. The number of aromatic nitrogens is 1. The number of benzene rings is 2. The van der Waals surface area contributed by atoms with Crippen LogP contribution in [0.3, 0.4) is 0 Å². The molecule has 1 saturated heterocycles. The summed E-state index contributed by atoms with van der Waals surface area (Å²) in [5, 5.41) is 0. The van der Waals surface area contributed by atoms with E-state index in [4.69, 9.17) is 14.2 Å². The SMILES string of the molecule is CCOCCn1c(=NC(=O)C2CCCN2S(=O)(=O)c2ccc(OC)cc2)sc2cc(OC)ccc21. The molecular weight excluding hydrogens is 490 g/mol. The Balaban J connectivity index is 1.68. The molecule has 3 aromatic rings. The summed E-state index contributed by atoms with van der Waals surface area (Å²) in [5.41, 5.74) is 0.913. The molecule has 0 saturated carbocycles. The predicted octanol–water partition coefficient (Wildman–Crippen LogP) is 3.04. The van der Waals surface area contributed by atoms with Gasteiger partial charge in [0.15, 0.2) is 4.80 Å². The van der Waals surface area contributed by atoms with Crippen molar-refractivity contribution in [3.05, 3.63) is 47.3 Å². The van der Waals surface area contributed by atoms with Gasteiger partial charge in [0, 0.05) is 19.7 Å². The summed E-state index contributed by atoms with van der Waals surface area (Å²) < 4.78 is 46.7. The molecule has 0 spiro atoms. The van der Waals surface area contributed by atoms with E-state index in [-0.39, 0.29) is 11.4 Å². The zero-order valence-electron chi connectivity index (χ0n) is 20.0. The standard InChI is InChI=1S/C24H29N3O6S2/c1-4-33-15-14-26-20-12-9-18(32-3)16-22(20)34-24(26)25-23(28)21-6-5-13-27(21)35(29,30)19-10-7-17(31-2)8-11-19/h7-12,16,21H,4-6,13-15H2,1-3H3. The van der Waals surface area contributed by atoms with E-state index in [0.29, 0.717) is 48.9 Å². The Morgan fingerprint density at radius 3 is 2.51 bits per heavy atom. The number of hydrogen-bond acceptors (Lipinski definition) is 7. The normalized spacial score (nSPS) is 17.2. The van der Waals surface area contributed by atoms with Crippen LogP contribution in [0.15, 0.2) is 52.4 Å². The molecule has 1 fully saturated rings. The molecule has 0 N–H and O–H groups in total. The van der Waals surface area contributed by atoms with E-state index in [9.17, 15) is 13.2 Å². The molecule has 1 aromatic heterocycles. The summed E-state index contributed by atoms with van der Waals surface area (Å²) in [6.07, 6.45) is 1.02. The van der Waals surface area contributed by atoms with Crippen LogP contribution in [0.1, 0.15) is 19.8 Å². The maximum atomic E-state index is 13.3. The second-order valence-corrected chi connectivity index (χ2v) is 10.9. The zero-order valence-corrected chi connectivity index (χ0v) is 21.6. The van der Waals surface area contributed by atoms with Crippen molar-refractivity contribution in [2.45, 2.75) is 37.2 Å². The topological polar surface area (TPSA) is 99.4 Å². The first-order valence-corrected chi connectivity index (χ1v) is 13.6. The van der Waals surface area contributed by atoms with Crippen molar-refractivity contribution in [3.8, 4) is 11.5 Å². The van der Waals surface area contributed by atoms with Gasteiger partial charge in [0.25, 0.3) is 5.91 Å². The third-order valence-corrected chi connectivity index (χ3v) is 8.88. The Hall–Kier alpha value is -2.73. The third kappa shape index (κ3) is 5.27. The number of hydrogen-bond donors (Lipinski definition) is 0. The van der Waals surface area contributed by atoms with Crippen molar-refractivity contribution >= 4 is 37.5 Å². The van der Waals surface area contributed by atoms with Crippen LogP contribution in [0.4, 0.5) is 0 Å². The summed E-state index contributed by atoms with van der Waals surface area (Å²) in [4.78, 5) is 18.4. The number of carbonyl (C=O) groups excluding carboxylic acids is 1. The van der Waals surface area contributed by atoms with Crippen LogP contribution in [0, 0.1) is 0 Å². The van der Waals surface area contributed by atoms with Crippen LogP contribution in [0.2, 0.25) is 0 Å².